The van der Waals surface area contributed by atoms with E-state index in [9.17, 15) is 14.0 Å². The van der Waals surface area contributed by atoms with E-state index in [0.717, 1.165) is 17.7 Å². The molecular formula is C35H39FN6O6. The van der Waals surface area contributed by atoms with Crippen LogP contribution in [0.3, 0.4) is 0 Å². The molecule has 2 fully saturated rings. The maximum atomic E-state index is 14.1. The molecule has 2 aliphatic heterocycles. The fraction of sp³-hybridized carbons (Fsp3) is 0.400. The maximum Gasteiger partial charge on any atom is 0.257 e. The number of carbonyl (C=O) groups is 2. The van der Waals surface area contributed by atoms with Crippen LogP contribution in [0.1, 0.15) is 46.1 Å². The van der Waals surface area contributed by atoms with Crippen LogP contribution in [0, 0.1) is 18.8 Å². The molecule has 2 saturated heterocycles. The smallest absolute Gasteiger partial charge is 0.257 e. The van der Waals surface area contributed by atoms with Crippen molar-refractivity contribution in [2.45, 2.75) is 38.3 Å². The van der Waals surface area contributed by atoms with Gasteiger partial charge in [-0.2, -0.15) is 14.6 Å². The Morgan fingerprint density at radius 1 is 1.12 bits per heavy atom. The molecule has 4 aromatic rings. The van der Waals surface area contributed by atoms with Crippen molar-refractivity contribution >= 4 is 11.7 Å². The van der Waals surface area contributed by atoms with E-state index in [1.165, 1.54) is 19.4 Å². The van der Waals surface area contributed by atoms with Gasteiger partial charge in [0.1, 0.15) is 17.5 Å². The van der Waals surface area contributed by atoms with Crippen LogP contribution < -0.4 is 10.1 Å². The Kier molecular flexibility index (Phi) is 10.5. The molecule has 3 atom stereocenters. The van der Waals surface area contributed by atoms with Crippen LogP contribution in [0.2, 0.25) is 0 Å². The van der Waals surface area contributed by atoms with E-state index in [-0.39, 0.29) is 47.9 Å². The van der Waals surface area contributed by atoms with Gasteiger partial charge in [0.2, 0.25) is 11.8 Å². The zero-order valence-electron chi connectivity index (χ0n) is 27.2. The Hall–Kier alpha value is -4.56. The first-order chi connectivity index (χ1) is 23.3. The van der Waals surface area contributed by atoms with E-state index in [1.807, 2.05) is 37.3 Å². The summed E-state index contributed by atoms with van der Waals surface area (Å²) >= 11 is 0. The van der Waals surface area contributed by atoms with Gasteiger partial charge < -0.3 is 19.5 Å². The van der Waals surface area contributed by atoms with Crippen LogP contribution in [-0.2, 0) is 25.5 Å². The second-order valence-electron chi connectivity index (χ2n) is 12.0. The zero-order chi connectivity index (χ0) is 33.6. The number of rotatable bonds is 13. The van der Waals surface area contributed by atoms with Crippen LogP contribution in [-0.4, -0.2) is 89.7 Å². The van der Waals surface area contributed by atoms with Crippen LogP contribution in [0.5, 0.6) is 5.88 Å². The van der Waals surface area contributed by atoms with Gasteiger partial charge in [0.05, 0.1) is 43.4 Å². The number of para-hydroxylation sites is 1. The summed E-state index contributed by atoms with van der Waals surface area (Å²) in [5.41, 5.74) is 4.40. The first-order valence-corrected chi connectivity index (χ1v) is 15.9. The lowest BCUT2D eigenvalue weighted by atomic mass is 9.91. The van der Waals surface area contributed by atoms with E-state index in [4.69, 9.17) is 24.1 Å². The van der Waals surface area contributed by atoms with Crippen molar-refractivity contribution in [3.63, 3.8) is 0 Å². The largest absolute Gasteiger partial charge is 0.480 e. The van der Waals surface area contributed by atoms with Crippen LogP contribution >= 0.6 is 0 Å². The number of ketones is 1. The normalized spacial score (nSPS) is 19.5. The molecule has 0 spiro atoms. The number of ether oxygens (including phenoxy) is 3. The lowest BCUT2D eigenvalue weighted by molar-refractivity contribution is -0.155. The third-order valence-electron chi connectivity index (χ3n) is 8.68. The number of amides is 1. The number of nitrogens with zero attached hydrogens (tertiary/aromatic N) is 5. The molecule has 0 saturated carbocycles. The number of hydroxylamine groups is 2. The number of nitrogens with one attached hydrogen (secondary N) is 1. The molecule has 0 bridgehead atoms. The van der Waals surface area contributed by atoms with Gasteiger partial charge in [-0.05, 0) is 54.8 Å². The van der Waals surface area contributed by atoms with Gasteiger partial charge in [0.25, 0.3) is 5.91 Å². The summed E-state index contributed by atoms with van der Waals surface area (Å²) in [6.45, 7) is 4.42. The zero-order valence-corrected chi connectivity index (χ0v) is 27.2. The number of carbonyl (C=O) groups excluding carboxylic acids is 2. The van der Waals surface area contributed by atoms with Crippen molar-refractivity contribution in [3.05, 3.63) is 89.3 Å². The highest BCUT2D eigenvalue weighted by atomic mass is 19.1. The van der Waals surface area contributed by atoms with Crippen molar-refractivity contribution in [2.24, 2.45) is 5.92 Å². The number of benzene rings is 1. The van der Waals surface area contributed by atoms with E-state index in [1.54, 1.807) is 35.2 Å². The first-order valence-electron chi connectivity index (χ1n) is 15.9. The maximum absolute atomic E-state index is 14.1. The summed E-state index contributed by atoms with van der Waals surface area (Å²) in [6.07, 6.45) is 3.54. The Morgan fingerprint density at radius 3 is 2.69 bits per heavy atom. The second-order valence-corrected chi connectivity index (χ2v) is 12.0. The lowest BCUT2D eigenvalue weighted by Crippen LogP contribution is -2.35. The molecule has 252 valence electrons. The van der Waals surface area contributed by atoms with Gasteiger partial charge >= 0.3 is 0 Å². The quantitative estimate of drug-likeness (QED) is 0.210. The van der Waals surface area contributed by atoms with E-state index in [0.29, 0.717) is 55.4 Å². The van der Waals surface area contributed by atoms with Crippen molar-refractivity contribution in [3.8, 4) is 22.8 Å². The molecule has 6 rings (SSSR count). The van der Waals surface area contributed by atoms with Crippen LogP contribution in [0.15, 0.2) is 60.9 Å². The van der Waals surface area contributed by atoms with Crippen molar-refractivity contribution < 1.29 is 33.0 Å². The Labute approximate surface area is 278 Å². The fourth-order valence-electron chi connectivity index (χ4n) is 6.25. The van der Waals surface area contributed by atoms with Gasteiger partial charge in [0, 0.05) is 63.5 Å². The topological polar surface area (TPSA) is 130 Å². The Bertz CT molecular complexity index is 1740. The summed E-state index contributed by atoms with van der Waals surface area (Å²) in [4.78, 5) is 41.4. The summed E-state index contributed by atoms with van der Waals surface area (Å²) in [5, 5.41) is 9.72. The molecule has 48 heavy (non-hydrogen) atoms. The van der Waals surface area contributed by atoms with Gasteiger partial charge in [0.15, 0.2) is 0 Å². The number of hydrogen-bond donors (Lipinski definition) is 1. The van der Waals surface area contributed by atoms with E-state index < -0.39 is 12.1 Å². The van der Waals surface area contributed by atoms with Gasteiger partial charge in [-0.15, -0.1) is 0 Å². The van der Waals surface area contributed by atoms with Gasteiger partial charge in [-0.25, -0.2) is 14.6 Å². The van der Waals surface area contributed by atoms with E-state index >= 15 is 0 Å². The Morgan fingerprint density at radius 2 is 1.96 bits per heavy atom. The highest BCUT2D eigenvalue weighted by molar-refractivity contribution is 5.97. The molecule has 5 heterocycles. The summed E-state index contributed by atoms with van der Waals surface area (Å²) in [6, 6.07) is 14.3. The minimum atomic E-state index is -0.604. The SMILES string of the molecule is COCCN1C[C@@H](CC(=O)Cc2c(C)c(-c3cnc(OC)c(C(=O)N[C@@H]4CCOC4)c3)nn2-c2ccccc2)[C@H](c2ccnc(F)c2)O1. The lowest BCUT2D eigenvalue weighted by Gasteiger charge is -2.17. The molecule has 2 aliphatic rings. The highest BCUT2D eigenvalue weighted by Crippen LogP contribution is 2.37. The first kappa shape index (κ1) is 33.3. The molecular weight excluding hydrogens is 619 g/mol. The van der Waals surface area contributed by atoms with Gasteiger partial charge in [-0.1, -0.05) is 18.2 Å². The number of methoxy groups -OCH3 is 2. The van der Waals surface area contributed by atoms with Crippen molar-refractivity contribution in [1.29, 1.82) is 0 Å². The number of hydrogen-bond acceptors (Lipinski definition) is 10. The molecule has 1 aromatic carbocycles. The highest BCUT2D eigenvalue weighted by Gasteiger charge is 2.37. The number of aromatic nitrogens is 4. The second kappa shape index (κ2) is 15.1. The van der Waals surface area contributed by atoms with Crippen molar-refractivity contribution in [2.75, 3.05) is 47.1 Å². The molecule has 1 amide bonds. The van der Waals surface area contributed by atoms with Crippen LogP contribution in [0.4, 0.5) is 4.39 Å². The minimum Gasteiger partial charge on any atom is -0.480 e. The summed E-state index contributed by atoms with van der Waals surface area (Å²) in [7, 11) is 3.08. The fourth-order valence-corrected chi connectivity index (χ4v) is 6.25. The molecule has 3 aromatic heterocycles. The van der Waals surface area contributed by atoms with E-state index in [2.05, 4.69) is 15.3 Å². The predicted molar refractivity (Wildman–Crippen MR) is 173 cm³/mol. The standard InChI is InChI=1S/C35H39FN6O6/c1-22-30(18-28(43)15-25-20-41(12-14-45-2)48-33(25)23-9-11-37-31(36)17-23)42(27-7-5-4-6-8-27)40-32(22)24-16-29(35(46-3)38-19-24)34(44)39-26-10-13-47-21-26/h4-9,11,16-17,19,25-26,33H,10,12-15,18,20-21H2,1-3H3,(H,39,44)/t25-,26-,33+/m1/s1. The molecule has 1 N–H and O–H groups in total. The number of pyridine rings is 2. The number of Topliss-reactive ketones (excluding diaryl/α,β-unsaturated/α-hetero) is 1. The molecule has 0 radical (unpaired) electrons. The monoisotopic (exact) mass is 658 g/mol. The van der Waals surface area contributed by atoms with Crippen LogP contribution in [0.25, 0.3) is 16.9 Å². The summed E-state index contributed by atoms with van der Waals surface area (Å²) in [5.74, 6) is -0.953. The van der Waals surface area contributed by atoms with Gasteiger partial charge in [-0.3, -0.25) is 14.4 Å². The molecule has 0 aliphatic carbocycles. The van der Waals surface area contributed by atoms with Crippen molar-refractivity contribution in [1.82, 2.24) is 30.1 Å². The average Bonchev–Trinajstić information content (AvgIpc) is 3.84. The summed E-state index contributed by atoms with van der Waals surface area (Å²) < 4.78 is 31.9. The average molecular weight is 659 g/mol. The molecule has 13 heteroatoms. The molecule has 12 nitrogen and oxygen atoms in total. The predicted octanol–water partition coefficient (Wildman–Crippen LogP) is 4.06. The minimum absolute atomic E-state index is 0.0184. The Balaban J connectivity index is 1.29. The molecule has 0 unspecified atom stereocenters. The third-order valence-corrected chi connectivity index (χ3v) is 8.68. The number of halogens is 1. The third kappa shape index (κ3) is 7.44.